The fraction of sp³-hybridized carbons (Fsp3) is 0. The van der Waals surface area contributed by atoms with Crippen molar-refractivity contribution in [3.05, 3.63) is 30.3 Å². The van der Waals surface area contributed by atoms with Gasteiger partial charge in [-0.05, 0) is 12.1 Å². The largest absolute Gasteiger partial charge is 1.00 e. The van der Waals surface area contributed by atoms with Gasteiger partial charge in [0, 0.05) is 0 Å². The molecule has 0 bridgehead atoms. The third-order valence-corrected chi connectivity index (χ3v) is 1.88. The van der Waals surface area contributed by atoms with Crippen molar-refractivity contribution in [2.75, 3.05) is 0 Å². The van der Waals surface area contributed by atoms with Gasteiger partial charge in [-0.3, -0.25) is 0 Å². The topological polar surface area (TPSA) is 435 Å². The molecule has 0 amide bonds. The molecule has 1 aromatic carbocycles. The molecule has 1 rings (SSSR count). The molecule has 24 N–H and O–H groups in total. The van der Waals surface area contributed by atoms with Gasteiger partial charge in [-0.2, -0.15) is 0 Å². The molecule has 17 heteroatoms. The SMILES string of the molecule is O.O.O.O.O.O.O.O.O.O.O.O.O=S(=O)([O-])c1ccccc1.[Na+]. The van der Waals surface area contributed by atoms with Gasteiger partial charge in [-0.15, -0.1) is 0 Å². The number of hydrogen-bond acceptors (Lipinski definition) is 3. The van der Waals surface area contributed by atoms with Crippen LogP contribution in [0.5, 0.6) is 0 Å². The van der Waals surface area contributed by atoms with Crippen LogP contribution >= 0.6 is 0 Å². The molecule has 0 saturated carbocycles. The van der Waals surface area contributed by atoms with Gasteiger partial charge in [0.2, 0.25) is 0 Å². The van der Waals surface area contributed by atoms with E-state index in [4.69, 9.17) is 0 Å². The van der Waals surface area contributed by atoms with Crippen molar-refractivity contribution in [1.29, 1.82) is 0 Å². The molecule has 0 spiro atoms. The first-order valence-electron chi connectivity index (χ1n) is 2.61. The summed E-state index contributed by atoms with van der Waals surface area (Å²) in [6.45, 7) is 0. The summed E-state index contributed by atoms with van der Waals surface area (Å²) < 4.78 is 30.8. The number of rotatable bonds is 1. The Morgan fingerprint density at radius 1 is 0.565 bits per heavy atom. The Labute approximate surface area is 153 Å². The van der Waals surface area contributed by atoms with E-state index in [2.05, 4.69) is 0 Å². The Morgan fingerprint density at radius 2 is 0.783 bits per heavy atom. The van der Waals surface area contributed by atoms with E-state index in [-0.39, 0.29) is 100 Å². The van der Waals surface area contributed by atoms with E-state index in [1.54, 1.807) is 6.07 Å². The van der Waals surface area contributed by atoms with Crippen molar-refractivity contribution in [3.63, 3.8) is 0 Å². The van der Waals surface area contributed by atoms with Crippen LogP contribution in [0.4, 0.5) is 0 Å². The van der Waals surface area contributed by atoms with Crippen LogP contribution in [0.2, 0.25) is 0 Å². The zero-order chi connectivity index (χ0) is 7.61. The number of hydrogen-bond donors (Lipinski definition) is 0. The summed E-state index contributed by atoms with van der Waals surface area (Å²) in [5.74, 6) is 0. The molecule has 0 unspecified atom stereocenters. The summed E-state index contributed by atoms with van der Waals surface area (Å²) in [7, 11) is -4.25. The van der Waals surface area contributed by atoms with Crippen molar-refractivity contribution in [2.24, 2.45) is 0 Å². The maximum Gasteiger partial charge on any atom is 1.00 e. The molecule has 0 aliphatic heterocycles. The van der Waals surface area contributed by atoms with Crippen LogP contribution in [-0.2, 0) is 10.1 Å². The molecule has 0 aliphatic carbocycles. The van der Waals surface area contributed by atoms with Crippen molar-refractivity contribution in [1.82, 2.24) is 0 Å². The fourth-order valence-electron chi connectivity index (χ4n) is 0.587. The van der Waals surface area contributed by atoms with E-state index >= 15 is 0 Å². The van der Waals surface area contributed by atoms with Crippen LogP contribution in [0, 0.1) is 0 Å². The van der Waals surface area contributed by atoms with Crippen molar-refractivity contribution < 1.29 is 108 Å². The van der Waals surface area contributed by atoms with Gasteiger partial charge in [0.1, 0.15) is 10.1 Å². The third kappa shape index (κ3) is 44.9. The second kappa shape index (κ2) is 49.5. The summed E-state index contributed by atoms with van der Waals surface area (Å²) in [5.41, 5.74) is 0. The molecule has 15 nitrogen and oxygen atoms in total. The molecule has 23 heavy (non-hydrogen) atoms. The molecule has 150 valence electrons. The first-order valence-corrected chi connectivity index (χ1v) is 4.02. The van der Waals surface area contributed by atoms with Gasteiger partial charge < -0.3 is 70.3 Å². The van der Waals surface area contributed by atoms with E-state index in [9.17, 15) is 13.0 Å². The minimum absolute atomic E-state index is 0. The van der Waals surface area contributed by atoms with Crippen molar-refractivity contribution in [2.45, 2.75) is 4.90 Å². The minimum atomic E-state index is -4.25. The van der Waals surface area contributed by atoms with Crippen LogP contribution in [0.25, 0.3) is 0 Å². The molecule has 0 atom stereocenters. The smallest absolute Gasteiger partial charge is 0.744 e. The zero-order valence-corrected chi connectivity index (χ0v) is 14.8. The van der Waals surface area contributed by atoms with Crippen LogP contribution in [-0.4, -0.2) is 78.7 Å². The van der Waals surface area contributed by atoms with Gasteiger partial charge in [0.15, 0.2) is 0 Å². The summed E-state index contributed by atoms with van der Waals surface area (Å²) in [5, 5.41) is 0. The first-order chi connectivity index (χ1) is 4.61. The molecule has 0 aromatic heterocycles. The predicted molar refractivity (Wildman–Crippen MR) is 77.8 cm³/mol. The Kier molecular flexibility index (Phi) is 246. The average molecular weight is 396 g/mol. The van der Waals surface area contributed by atoms with E-state index in [1.807, 2.05) is 0 Å². The molecular weight excluding hydrogens is 367 g/mol. The fourth-order valence-corrected chi connectivity index (χ4v) is 1.08. The Bertz CT molecular complexity index is 318. The van der Waals surface area contributed by atoms with Gasteiger partial charge >= 0.3 is 29.6 Å². The summed E-state index contributed by atoms with van der Waals surface area (Å²) >= 11 is 0. The van der Waals surface area contributed by atoms with Gasteiger partial charge in [0.05, 0.1) is 4.90 Å². The zero-order valence-electron chi connectivity index (χ0n) is 12.0. The molecular formula is C6H29NaO15S. The molecule has 0 aliphatic rings. The van der Waals surface area contributed by atoms with E-state index < -0.39 is 10.1 Å². The Hall–Kier alpha value is -0.350. The molecule has 0 radical (unpaired) electrons. The molecule has 0 fully saturated rings. The maximum atomic E-state index is 10.3. The summed E-state index contributed by atoms with van der Waals surface area (Å²) in [6.07, 6.45) is 0. The average Bonchev–Trinajstić information content (AvgIpc) is 1.88. The second-order valence-electron chi connectivity index (χ2n) is 1.77. The standard InChI is InChI=1S/C6H6O3S.Na.12H2O/c7-10(8,9)6-4-2-1-3-5-6;;;;;;;;;;;;;/h1-5H,(H,7,8,9);;12*1H2/q;+1;;;;;;;;;;;;/p-1. The molecule has 1 aromatic rings. The summed E-state index contributed by atoms with van der Waals surface area (Å²) in [4.78, 5) is -0.185. The van der Waals surface area contributed by atoms with E-state index in [0.29, 0.717) is 0 Å². The Morgan fingerprint density at radius 3 is 0.913 bits per heavy atom. The van der Waals surface area contributed by atoms with E-state index in [0.717, 1.165) is 0 Å². The maximum absolute atomic E-state index is 10.3. The second-order valence-corrected chi connectivity index (χ2v) is 3.15. The molecule has 0 saturated heterocycles. The van der Waals surface area contributed by atoms with Gasteiger partial charge in [-0.25, -0.2) is 8.42 Å². The van der Waals surface area contributed by atoms with Gasteiger partial charge in [0.25, 0.3) is 0 Å². The van der Waals surface area contributed by atoms with Crippen LogP contribution in [0.1, 0.15) is 0 Å². The summed E-state index contributed by atoms with van der Waals surface area (Å²) in [6, 6.07) is 7.19. The Balaban J connectivity index is -0.00000000699. The molecule has 0 heterocycles. The van der Waals surface area contributed by atoms with E-state index in [1.165, 1.54) is 24.3 Å². The van der Waals surface area contributed by atoms with Crippen LogP contribution < -0.4 is 29.6 Å². The first kappa shape index (κ1) is 114. The minimum Gasteiger partial charge on any atom is -0.744 e. The van der Waals surface area contributed by atoms with Crippen molar-refractivity contribution in [3.8, 4) is 0 Å². The van der Waals surface area contributed by atoms with Crippen LogP contribution in [0.3, 0.4) is 0 Å². The monoisotopic (exact) mass is 396 g/mol. The third-order valence-electron chi connectivity index (χ3n) is 1.03. The van der Waals surface area contributed by atoms with Crippen molar-refractivity contribution >= 4 is 10.1 Å². The normalized spacial score (nSPS) is 4.91. The predicted octanol–water partition coefficient (Wildman–Crippen LogP) is -12.3. The number of benzene rings is 1. The van der Waals surface area contributed by atoms with Crippen LogP contribution in [0.15, 0.2) is 35.2 Å². The van der Waals surface area contributed by atoms with Gasteiger partial charge in [-0.1, -0.05) is 18.2 Å². The quantitative estimate of drug-likeness (QED) is 0.329.